The van der Waals surface area contributed by atoms with Gasteiger partial charge in [0.2, 0.25) is 23.7 Å². The summed E-state index contributed by atoms with van der Waals surface area (Å²) in [6.45, 7) is 4.19. The molecule has 0 spiro atoms. The molecule has 12 nitrogen and oxygen atoms in total. The number of likely N-dealkylation sites (N-methyl/N-ethyl adjacent to an activating group) is 1. The first-order valence-corrected chi connectivity index (χ1v) is 14.2. The van der Waals surface area contributed by atoms with Gasteiger partial charge in [0.25, 0.3) is 5.91 Å². The zero-order valence-corrected chi connectivity index (χ0v) is 25.1. The Labute approximate surface area is 252 Å². The molecule has 3 aromatic rings. The Balaban J connectivity index is 1.72. The Hall–Kier alpha value is -4.78. The molecule has 42 heavy (non-hydrogen) atoms. The number of carbonyl (C=O) groups excluding carboxylic acids is 4. The molecule has 0 saturated heterocycles. The van der Waals surface area contributed by atoms with Crippen LogP contribution in [0.25, 0.3) is 0 Å². The summed E-state index contributed by atoms with van der Waals surface area (Å²) in [4.78, 5) is 59.6. The second-order valence-corrected chi connectivity index (χ2v) is 9.80. The SMILES string of the molecule is CCCNc1nc(Nc2ccc(C(N)=O)cc2)ncc1C(=O)Nc1cccc(NC(=O)C(C)N(C)C(=O)/C=C/CBr)c1. The zero-order valence-electron chi connectivity index (χ0n) is 23.5. The minimum absolute atomic E-state index is 0.220. The van der Waals surface area contributed by atoms with E-state index >= 15 is 0 Å². The highest BCUT2D eigenvalue weighted by atomic mass is 79.9. The maximum Gasteiger partial charge on any atom is 0.260 e. The monoisotopic (exact) mass is 636 g/mol. The van der Waals surface area contributed by atoms with Gasteiger partial charge in [-0.3, -0.25) is 19.2 Å². The van der Waals surface area contributed by atoms with Crippen LogP contribution in [0.4, 0.5) is 28.8 Å². The van der Waals surface area contributed by atoms with Crippen molar-refractivity contribution in [2.45, 2.75) is 26.3 Å². The van der Waals surface area contributed by atoms with Crippen molar-refractivity contribution in [3.63, 3.8) is 0 Å². The maximum atomic E-state index is 13.2. The summed E-state index contributed by atoms with van der Waals surface area (Å²) in [5.41, 5.74) is 7.41. The average molecular weight is 638 g/mol. The number of amides is 4. The smallest absolute Gasteiger partial charge is 0.260 e. The van der Waals surface area contributed by atoms with Crippen molar-refractivity contribution in [1.29, 1.82) is 0 Å². The second kappa shape index (κ2) is 15.3. The van der Waals surface area contributed by atoms with Crippen LogP contribution in [0.2, 0.25) is 0 Å². The zero-order chi connectivity index (χ0) is 30.6. The quantitative estimate of drug-likeness (QED) is 0.138. The van der Waals surface area contributed by atoms with Crippen LogP contribution in [0.5, 0.6) is 0 Å². The molecular formula is C29H33BrN8O4. The first kappa shape index (κ1) is 31.7. The summed E-state index contributed by atoms with van der Waals surface area (Å²) in [5, 5.41) is 12.3. The van der Waals surface area contributed by atoms with Crippen LogP contribution < -0.4 is 27.0 Å². The van der Waals surface area contributed by atoms with E-state index < -0.39 is 17.9 Å². The lowest BCUT2D eigenvalue weighted by Crippen LogP contribution is -2.42. The third-order valence-electron chi connectivity index (χ3n) is 6.05. The van der Waals surface area contributed by atoms with E-state index in [0.29, 0.717) is 40.3 Å². The van der Waals surface area contributed by atoms with Gasteiger partial charge in [-0.1, -0.05) is 35.0 Å². The number of carbonyl (C=O) groups is 4. The molecule has 0 aliphatic carbocycles. The summed E-state index contributed by atoms with van der Waals surface area (Å²) in [6.07, 6.45) is 5.26. The number of nitrogens with two attached hydrogens (primary N) is 1. The average Bonchev–Trinajstić information content (AvgIpc) is 2.98. The normalized spacial score (nSPS) is 11.4. The van der Waals surface area contributed by atoms with Crippen LogP contribution in [0.1, 0.15) is 41.0 Å². The van der Waals surface area contributed by atoms with Crippen LogP contribution in [0, 0.1) is 0 Å². The van der Waals surface area contributed by atoms with Gasteiger partial charge in [0.1, 0.15) is 17.4 Å². The molecular weight excluding hydrogens is 604 g/mol. The Morgan fingerprint density at radius 2 is 1.74 bits per heavy atom. The number of benzene rings is 2. The van der Waals surface area contributed by atoms with E-state index in [1.54, 1.807) is 68.6 Å². The van der Waals surface area contributed by atoms with Gasteiger partial charge in [-0.2, -0.15) is 4.98 Å². The first-order valence-electron chi connectivity index (χ1n) is 13.1. The molecule has 3 rings (SSSR count). The van der Waals surface area contributed by atoms with Crippen LogP contribution in [0.3, 0.4) is 0 Å². The number of hydrogen-bond donors (Lipinski definition) is 5. The topological polar surface area (TPSA) is 171 Å². The second-order valence-electron chi connectivity index (χ2n) is 9.16. The first-order chi connectivity index (χ1) is 20.1. The number of aromatic nitrogens is 2. The minimum atomic E-state index is -0.728. The Bertz CT molecular complexity index is 1460. The van der Waals surface area contributed by atoms with E-state index in [1.807, 2.05) is 6.92 Å². The molecule has 0 saturated carbocycles. The van der Waals surface area contributed by atoms with Crippen molar-refractivity contribution in [2.75, 3.05) is 40.2 Å². The van der Waals surface area contributed by atoms with E-state index in [4.69, 9.17) is 5.73 Å². The van der Waals surface area contributed by atoms with E-state index in [0.717, 1.165) is 6.42 Å². The Morgan fingerprint density at radius 1 is 1.05 bits per heavy atom. The molecule has 6 N–H and O–H groups in total. The van der Waals surface area contributed by atoms with Gasteiger partial charge in [0.15, 0.2) is 0 Å². The lowest BCUT2D eigenvalue weighted by atomic mass is 10.2. The Kier molecular flexibility index (Phi) is 11.6. The molecule has 0 fully saturated rings. The summed E-state index contributed by atoms with van der Waals surface area (Å²) in [5.74, 6) is -1.07. The number of nitrogens with one attached hydrogen (secondary N) is 4. The maximum absolute atomic E-state index is 13.2. The summed E-state index contributed by atoms with van der Waals surface area (Å²) in [6, 6.07) is 12.5. The molecule has 1 heterocycles. The van der Waals surface area contributed by atoms with Gasteiger partial charge >= 0.3 is 0 Å². The van der Waals surface area contributed by atoms with Gasteiger partial charge in [-0.15, -0.1) is 0 Å². The Morgan fingerprint density at radius 3 is 2.38 bits per heavy atom. The number of allylic oxidation sites excluding steroid dienone is 1. The van der Waals surface area contributed by atoms with E-state index in [1.165, 1.54) is 17.2 Å². The van der Waals surface area contributed by atoms with E-state index in [2.05, 4.69) is 47.2 Å². The molecule has 0 aliphatic heterocycles. The number of primary amides is 1. The fourth-order valence-electron chi connectivity index (χ4n) is 3.58. The number of alkyl halides is 1. The number of rotatable bonds is 13. The molecule has 0 aliphatic rings. The van der Waals surface area contributed by atoms with Crippen LogP contribution in [-0.4, -0.2) is 63.5 Å². The molecule has 220 valence electrons. The number of hydrogen-bond acceptors (Lipinski definition) is 8. The molecule has 4 amide bonds. The molecule has 13 heteroatoms. The molecule has 1 atom stereocenters. The number of anilines is 5. The lowest BCUT2D eigenvalue weighted by molar-refractivity contribution is -0.132. The third kappa shape index (κ3) is 8.86. The number of halogens is 1. The van der Waals surface area contributed by atoms with Crippen molar-refractivity contribution >= 4 is 68.4 Å². The molecule has 1 aromatic heterocycles. The fraction of sp³-hybridized carbons (Fsp3) is 0.241. The third-order valence-corrected chi connectivity index (χ3v) is 6.42. The highest BCUT2D eigenvalue weighted by molar-refractivity contribution is 9.09. The van der Waals surface area contributed by atoms with Gasteiger partial charge in [-0.25, -0.2) is 4.98 Å². The van der Waals surface area contributed by atoms with Crippen molar-refractivity contribution < 1.29 is 19.2 Å². The minimum Gasteiger partial charge on any atom is -0.369 e. The highest BCUT2D eigenvalue weighted by Crippen LogP contribution is 2.21. The predicted molar refractivity (Wildman–Crippen MR) is 167 cm³/mol. The van der Waals surface area contributed by atoms with Gasteiger partial charge in [0.05, 0.1) is 0 Å². The lowest BCUT2D eigenvalue weighted by Gasteiger charge is -2.23. The molecule has 0 radical (unpaired) electrons. The van der Waals surface area contributed by atoms with Crippen molar-refractivity contribution in [1.82, 2.24) is 14.9 Å². The van der Waals surface area contributed by atoms with Crippen LogP contribution >= 0.6 is 15.9 Å². The largest absolute Gasteiger partial charge is 0.369 e. The summed E-state index contributed by atoms with van der Waals surface area (Å²) in [7, 11) is 1.55. The summed E-state index contributed by atoms with van der Waals surface area (Å²) < 4.78 is 0. The van der Waals surface area contributed by atoms with Crippen molar-refractivity contribution in [3.05, 3.63) is 78.0 Å². The van der Waals surface area contributed by atoms with Crippen molar-refractivity contribution in [2.24, 2.45) is 5.73 Å². The van der Waals surface area contributed by atoms with Gasteiger partial charge in [0, 0.05) is 47.7 Å². The van der Waals surface area contributed by atoms with Crippen LogP contribution in [0.15, 0.2) is 66.9 Å². The van der Waals surface area contributed by atoms with Gasteiger partial charge in [-0.05, 0) is 61.9 Å². The summed E-state index contributed by atoms with van der Waals surface area (Å²) >= 11 is 3.22. The molecule has 0 bridgehead atoms. The van der Waals surface area contributed by atoms with E-state index in [9.17, 15) is 19.2 Å². The highest BCUT2D eigenvalue weighted by Gasteiger charge is 2.21. The standard InChI is InChI=1S/C29H33BrN8O4/c1-4-15-32-26-23(17-33-29(37-26)36-20-12-10-19(11-13-20)25(31)40)28(42)35-22-8-5-7-21(16-22)34-27(41)18(2)38(3)24(39)9-6-14-30/h5-13,16-18H,4,14-15H2,1-3H3,(H2,31,40)(H,34,41)(H,35,42)(H2,32,33,36,37)/b9-6+. The van der Waals surface area contributed by atoms with Crippen molar-refractivity contribution in [3.8, 4) is 0 Å². The van der Waals surface area contributed by atoms with Gasteiger partial charge < -0.3 is 31.9 Å². The van der Waals surface area contributed by atoms with E-state index in [-0.39, 0.29) is 23.3 Å². The number of nitrogens with zero attached hydrogens (tertiary/aromatic N) is 3. The molecule has 2 aromatic carbocycles. The predicted octanol–water partition coefficient (Wildman–Crippen LogP) is 4.13. The molecule has 1 unspecified atom stereocenters. The van der Waals surface area contributed by atoms with Crippen LogP contribution in [-0.2, 0) is 9.59 Å². The fourth-order valence-corrected chi connectivity index (χ4v) is 3.77.